The summed E-state index contributed by atoms with van der Waals surface area (Å²) in [6, 6.07) is 1.83. The highest BCUT2D eigenvalue weighted by Gasteiger charge is 2.13. The zero-order valence-corrected chi connectivity index (χ0v) is 10.6. The number of nitrogens with zero attached hydrogens (tertiary/aromatic N) is 3. The summed E-state index contributed by atoms with van der Waals surface area (Å²) in [7, 11) is 0. The number of aryl methyl sites for hydroxylation is 1. The van der Waals surface area contributed by atoms with Crippen LogP contribution >= 0.6 is 0 Å². The van der Waals surface area contributed by atoms with E-state index in [0.29, 0.717) is 11.5 Å². The largest absolute Gasteiger partial charge is 0.475 e. The van der Waals surface area contributed by atoms with E-state index in [2.05, 4.69) is 28.7 Å². The topological polar surface area (TPSA) is 66.3 Å². The van der Waals surface area contributed by atoms with Crippen LogP contribution in [-0.2, 0) is 0 Å². The Balaban J connectivity index is 3.04. The van der Waals surface area contributed by atoms with E-state index in [-0.39, 0.29) is 5.82 Å². The molecule has 0 unspecified atom stereocenters. The van der Waals surface area contributed by atoms with Gasteiger partial charge in [0.2, 0.25) is 5.82 Å². The highest BCUT2D eigenvalue weighted by molar-refractivity contribution is 5.83. The maximum absolute atomic E-state index is 10.9. The Kier molecular flexibility index (Phi) is 4.87. The molecular formula is C12H19N3O2. The second kappa shape index (κ2) is 6.18. The van der Waals surface area contributed by atoms with Crippen molar-refractivity contribution in [2.24, 2.45) is 0 Å². The number of hydrogen-bond donors (Lipinski definition) is 1. The van der Waals surface area contributed by atoms with E-state index in [4.69, 9.17) is 5.11 Å². The number of rotatable bonds is 6. The number of carbonyl (C=O) groups is 1. The Morgan fingerprint density at radius 1 is 1.29 bits per heavy atom. The van der Waals surface area contributed by atoms with Gasteiger partial charge in [-0.1, -0.05) is 13.8 Å². The zero-order valence-electron chi connectivity index (χ0n) is 10.6. The third kappa shape index (κ3) is 3.69. The smallest absolute Gasteiger partial charge is 0.374 e. The fourth-order valence-electron chi connectivity index (χ4n) is 1.69. The lowest BCUT2D eigenvalue weighted by Gasteiger charge is -2.22. The minimum absolute atomic E-state index is 0.128. The molecule has 5 nitrogen and oxygen atoms in total. The second-order valence-electron chi connectivity index (χ2n) is 3.98. The minimum Gasteiger partial charge on any atom is -0.475 e. The van der Waals surface area contributed by atoms with Gasteiger partial charge in [-0.3, -0.25) is 0 Å². The van der Waals surface area contributed by atoms with Gasteiger partial charge in [-0.2, -0.15) is 0 Å². The Morgan fingerprint density at radius 3 is 2.35 bits per heavy atom. The van der Waals surface area contributed by atoms with Crippen molar-refractivity contribution >= 4 is 11.8 Å². The second-order valence-corrected chi connectivity index (χ2v) is 3.98. The highest BCUT2D eigenvalue weighted by atomic mass is 16.4. The van der Waals surface area contributed by atoms with Gasteiger partial charge in [0.25, 0.3) is 0 Å². The molecule has 0 spiro atoms. The lowest BCUT2D eigenvalue weighted by atomic mass is 10.3. The standard InChI is InChI=1S/C12H19N3O2/c1-4-6-15(7-5-2)10-8-9(3)13-11(14-10)12(16)17/h8H,4-7H2,1-3H3,(H,16,17). The van der Waals surface area contributed by atoms with Gasteiger partial charge >= 0.3 is 5.97 Å². The first-order valence-corrected chi connectivity index (χ1v) is 5.92. The molecule has 0 bridgehead atoms. The van der Waals surface area contributed by atoms with Gasteiger partial charge in [0.05, 0.1) is 0 Å². The summed E-state index contributed by atoms with van der Waals surface area (Å²) in [4.78, 5) is 21.0. The molecule has 0 aliphatic heterocycles. The van der Waals surface area contributed by atoms with E-state index >= 15 is 0 Å². The summed E-state index contributed by atoms with van der Waals surface area (Å²) in [6.07, 6.45) is 2.01. The third-order valence-electron chi connectivity index (χ3n) is 2.34. The van der Waals surface area contributed by atoms with Crippen LogP contribution in [0.2, 0.25) is 0 Å². The monoisotopic (exact) mass is 237 g/mol. The molecule has 94 valence electrons. The van der Waals surface area contributed by atoms with E-state index in [1.165, 1.54) is 0 Å². The molecule has 5 heteroatoms. The Bertz CT molecular complexity index is 387. The van der Waals surface area contributed by atoms with Crippen molar-refractivity contribution in [3.8, 4) is 0 Å². The van der Waals surface area contributed by atoms with Gasteiger partial charge in [0, 0.05) is 24.8 Å². The van der Waals surface area contributed by atoms with Gasteiger partial charge in [-0.25, -0.2) is 14.8 Å². The molecular weight excluding hydrogens is 218 g/mol. The van der Waals surface area contributed by atoms with E-state index in [1.807, 2.05) is 6.07 Å². The maximum atomic E-state index is 10.9. The van der Waals surface area contributed by atoms with Crippen LogP contribution in [-0.4, -0.2) is 34.1 Å². The Hall–Kier alpha value is -1.65. The van der Waals surface area contributed by atoms with E-state index in [9.17, 15) is 4.79 Å². The van der Waals surface area contributed by atoms with Crippen LogP contribution in [0, 0.1) is 6.92 Å². The molecule has 1 aromatic rings. The number of carboxylic acid groups (broad SMARTS) is 1. The van der Waals surface area contributed by atoms with Crippen molar-refractivity contribution in [3.05, 3.63) is 17.6 Å². The number of hydrogen-bond acceptors (Lipinski definition) is 4. The molecule has 0 fully saturated rings. The number of aromatic carboxylic acids is 1. The fraction of sp³-hybridized carbons (Fsp3) is 0.583. The summed E-state index contributed by atoms with van der Waals surface area (Å²) in [5, 5.41) is 8.93. The van der Waals surface area contributed by atoms with Crippen molar-refractivity contribution in [1.82, 2.24) is 9.97 Å². The number of anilines is 1. The quantitative estimate of drug-likeness (QED) is 0.820. The first-order chi connectivity index (χ1) is 8.08. The number of carboxylic acids is 1. The summed E-state index contributed by atoms with van der Waals surface area (Å²) in [5.74, 6) is -0.501. The van der Waals surface area contributed by atoms with Crippen molar-refractivity contribution < 1.29 is 9.90 Å². The van der Waals surface area contributed by atoms with Gasteiger partial charge in [-0.15, -0.1) is 0 Å². The van der Waals surface area contributed by atoms with Gasteiger partial charge in [0.1, 0.15) is 5.82 Å². The number of aromatic nitrogens is 2. The van der Waals surface area contributed by atoms with E-state index < -0.39 is 5.97 Å². The van der Waals surface area contributed by atoms with Gasteiger partial charge in [0.15, 0.2) is 0 Å². The molecule has 1 N–H and O–H groups in total. The molecule has 0 aromatic carbocycles. The summed E-state index contributed by atoms with van der Waals surface area (Å²) in [6.45, 7) is 7.73. The molecule has 0 saturated heterocycles. The first-order valence-electron chi connectivity index (χ1n) is 5.92. The molecule has 0 radical (unpaired) electrons. The molecule has 0 amide bonds. The lowest BCUT2D eigenvalue weighted by molar-refractivity contribution is 0.0683. The van der Waals surface area contributed by atoms with Crippen molar-refractivity contribution in [2.75, 3.05) is 18.0 Å². The fourth-order valence-corrected chi connectivity index (χ4v) is 1.69. The SMILES string of the molecule is CCCN(CCC)c1cc(C)nc(C(=O)O)n1. The van der Waals surface area contributed by atoms with Crippen LogP contribution in [0.25, 0.3) is 0 Å². The summed E-state index contributed by atoms with van der Waals surface area (Å²) >= 11 is 0. The molecule has 0 saturated carbocycles. The van der Waals surface area contributed by atoms with Crippen LogP contribution in [0.1, 0.15) is 43.0 Å². The van der Waals surface area contributed by atoms with Crippen LogP contribution in [0.3, 0.4) is 0 Å². The molecule has 17 heavy (non-hydrogen) atoms. The summed E-state index contributed by atoms with van der Waals surface area (Å²) in [5.41, 5.74) is 0.685. The molecule has 0 aliphatic carbocycles. The molecule has 1 rings (SSSR count). The first kappa shape index (κ1) is 13.4. The van der Waals surface area contributed by atoms with E-state index in [1.54, 1.807) is 6.92 Å². The maximum Gasteiger partial charge on any atom is 0.374 e. The third-order valence-corrected chi connectivity index (χ3v) is 2.34. The van der Waals surface area contributed by atoms with Crippen molar-refractivity contribution in [2.45, 2.75) is 33.6 Å². The minimum atomic E-state index is -1.08. The summed E-state index contributed by atoms with van der Waals surface area (Å²) < 4.78 is 0. The van der Waals surface area contributed by atoms with Crippen LogP contribution in [0.15, 0.2) is 6.07 Å². The lowest BCUT2D eigenvalue weighted by Crippen LogP contribution is -2.27. The van der Waals surface area contributed by atoms with E-state index in [0.717, 1.165) is 25.9 Å². The molecule has 0 aliphatic rings. The van der Waals surface area contributed by atoms with Crippen LogP contribution < -0.4 is 4.90 Å². The average Bonchev–Trinajstić information content (AvgIpc) is 2.28. The van der Waals surface area contributed by atoms with Crippen molar-refractivity contribution in [1.29, 1.82) is 0 Å². The predicted molar refractivity (Wildman–Crippen MR) is 66.5 cm³/mol. The molecule has 1 aromatic heterocycles. The van der Waals surface area contributed by atoms with Crippen LogP contribution in [0.4, 0.5) is 5.82 Å². The highest BCUT2D eigenvalue weighted by Crippen LogP contribution is 2.13. The predicted octanol–water partition coefficient (Wildman–Crippen LogP) is 2.11. The normalized spacial score (nSPS) is 10.3. The van der Waals surface area contributed by atoms with Gasteiger partial charge in [-0.05, 0) is 19.8 Å². The molecule has 0 atom stereocenters. The Morgan fingerprint density at radius 2 is 1.88 bits per heavy atom. The molecule has 1 heterocycles. The van der Waals surface area contributed by atoms with Crippen LogP contribution in [0.5, 0.6) is 0 Å². The van der Waals surface area contributed by atoms with Crippen molar-refractivity contribution in [3.63, 3.8) is 0 Å². The average molecular weight is 237 g/mol. The Labute approximate surface area is 102 Å². The van der Waals surface area contributed by atoms with Gasteiger partial charge < -0.3 is 10.0 Å². The zero-order chi connectivity index (χ0) is 12.8.